The Kier molecular flexibility index (Phi) is 4.16. The van der Waals surface area contributed by atoms with Crippen molar-refractivity contribution in [2.24, 2.45) is 11.3 Å². The van der Waals surface area contributed by atoms with Crippen molar-refractivity contribution in [3.05, 3.63) is 0 Å². The van der Waals surface area contributed by atoms with E-state index < -0.39 is 0 Å². The third kappa shape index (κ3) is 3.48. The molecule has 1 heterocycles. The van der Waals surface area contributed by atoms with Gasteiger partial charge in [0, 0.05) is 12.6 Å². The summed E-state index contributed by atoms with van der Waals surface area (Å²) in [6.07, 6.45) is 6.26. The molecule has 2 fully saturated rings. The molecule has 0 aromatic carbocycles. The van der Waals surface area contributed by atoms with Gasteiger partial charge in [0.2, 0.25) is 5.91 Å². The molecule has 0 aromatic rings. The molecule has 2 aliphatic rings. The third-order valence-corrected chi connectivity index (χ3v) is 4.10. The van der Waals surface area contributed by atoms with Gasteiger partial charge in [-0.15, -0.1) is 0 Å². The molecule has 0 bridgehead atoms. The topological polar surface area (TPSA) is 49.4 Å². The van der Waals surface area contributed by atoms with E-state index in [-0.39, 0.29) is 29.3 Å². The fraction of sp³-hybridized carbons (Fsp3) is 0.867. The van der Waals surface area contributed by atoms with E-state index >= 15 is 0 Å². The maximum Gasteiger partial charge on any atom is 0.324 e. The zero-order chi connectivity index (χ0) is 14.0. The van der Waals surface area contributed by atoms with E-state index in [9.17, 15) is 9.59 Å². The zero-order valence-electron chi connectivity index (χ0n) is 12.4. The highest BCUT2D eigenvalue weighted by Gasteiger charge is 2.39. The first-order valence-electron chi connectivity index (χ1n) is 7.49. The fourth-order valence-electron chi connectivity index (χ4n) is 3.26. The number of hydrogen-bond acceptors (Lipinski definition) is 2. The Bertz CT molecular complexity index is 354. The van der Waals surface area contributed by atoms with Crippen molar-refractivity contribution >= 4 is 11.9 Å². The van der Waals surface area contributed by atoms with Crippen LogP contribution < -0.4 is 5.32 Å². The summed E-state index contributed by atoms with van der Waals surface area (Å²) >= 11 is 0. The van der Waals surface area contributed by atoms with Gasteiger partial charge in [0.15, 0.2) is 0 Å². The van der Waals surface area contributed by atoms with E-state index in [4.69, 9.17) is 0 Å². The molecule has 19 heavy (non-hydrogen) atoms. The monoisotopic (exact) mass is 266 g/mol. The van der Waals surface area contributed by atoms with E-state index in [1.165, 1.54) is 11.3 Å². The average molecular weight is 266 g/mol. The van der Waals surface area contributed by atoms with Crippen LogP contribution in [0.5, 0.6) is 0 Å². The molecular weight excluding hydrogens is 240 g/mol. The predicted molar refractivity (Wildman–Crippen MR) is 74.7 cm³/mol. The Hall–Kier alpha value is -1.06. The Balaban J connectivity index is 2.07. The number of hydrogen-bond donors (Lipinski definition) is 1. The number of nitrogens with zero attached hydrogens (tertiary/aromatic N) is 1. The van der Waals surface area contributed by atoms with Crippen molar-refractivity contribution < 1.29 is 9.59 Å². The first kappa shape index (κ1) is 14.4. The van der Waals surface area contributed by atoms with Crippen LogP contribution in [0, 0.1) is 11.3 Å². The number of nitrogens with one attached hydrogen (secondary N) is 1. The smallest absolute Gasteiger partial charge is 0.324 e. The molecule has 1 saturated heterocycles. The van der Waals surface area contributed by atoms with Crippen LogP contribution in [-0.4, -0.2) is 29.4 Å². The summed E-state index contributed by atoms with van der Waals surface area (Å²) in [6.45, 7) is 6.92. The first-order chi connectivity index (χ1) is 8.88. The average Bonchev–Trinajstić information content (AvgIpc) is 2.33. The summed E-state index contributed by atoms with van der Waals surface area (Å²) in [5, 5.41) is 2.90. The molecule has 108 valence electrons. The van der Waals surface area contributed by atoms with Gasteiger partial charge in [-0.1, -0.05) is 40.0 Å². The lowest BCUT2D eigenvalue weighted by molar-refractivity contribution is -0.137. The first-order valence-corrected chi connectivity index (χ1v) is 7.49. The van der Waals surface area contributed by atoms with Gasteiger partial charge >= 0.3 is 6.03 Å². The van der Waals surface area contributed by atoms with E-state index in [0.717, 1.165) is 32.1 Å². The van der Waals surface area contributed by atoms with Gasteiger partial charge in [-0.25, -0.2) is 4.79 Å². The fourth-order valence-corrected chi connectivity index (χ4v) is 3.26. The molecule has 4 nitrogen and oxygen atoms in total. The van der Waals surface area contributed by atoms with Gasteiger partial charge in [0.1, 0.15) is 0 Å². The van der Waals surface area contributed by atoms with Crippen LogP contribution >= 0.6 is 0 Å². The van der Waals surface area contributed by atoms with Crippen LogP contribution in [0.1, 0.15) is 59.3 Å². The Morgan fingerprint density at radius 3 is 2.37 bits per heavy atom. The second kappa shape index (κ2) is 5.51. The maximum absolute atomic E-state index is 12.6. The molecule has 1 N–H and O–H groups in total. The number of imide groups is 1. The molecule has 1 atom stereocenters. The van der Waals surface area contributed by atoms with Crippen LogP contribution in [0.4, 0.5) is 4.79 Å². The van der Waals surface area contributed by atoms with Crippen LogP contribution in [-0.2, 0) is 4.79 Å². The van der Waals surface area contributed by atoms with Crippen molar-refractivity contribution in [3.63, 3.8) is 0 Å². The van der Waals surface area contributed by atoms with E-state index in [0.29, 0.717) is 6.54 Å². The van der Waals surface area contributed by atoms with Gasteiger partial charge in [0.05, 0.1) is 5.92 Å². The lowest BCUT2D eigenvalue weighted by atomic mass is 9.82. The van der Waals surface area contributed by atoms with E-state index in [2.05, 4.69) is 26.1 Å². The number of carbonyl (C=O) groups is 2. The Morgan fingerprint density at radius 1 is 1.16 bits per heavy atom. The lowest BCUT2D eigenvalue weighted by Gasteiger charge is -2.39. The summed E-state index contributed by atoms with van der Waals surface area (Å²) in [7, 11) is 0. The van der Waals surface area contributed by atoms with Crippen molar-refractivity contribution in [1.29, 1.82) is 0 Å². The number of carbonyl (C=O) groups excluding carboxylic acids is 2. The summed E-state index contributed by atoms with van der Waals surface area (Å²) in [5.41, 5.74) is 0.112. The van der Waals surface area contributed by atoms with Crippen molar-refractivity contribution in [2.45, 2.75) is 65.3 Å². The van der Waals surface area contributed by atoms with Gasteiger partial charge in [-0.2, -0.15) is 0 Å². The summed E-state index contributed by atoms with van der Waals surface area (Å²) < 4.78 is 0. The van der Waals surface area contributed by atoms with Crippen molar-refractivity contribution in [2.75, 3.05) is 6.54 Å². The van der Waals surface area contributed by atoms with Gasteiger partial charge in [-0.05, 0) is 24.7 Å². The largest absolute Gasteiger partial charge is 0.337 e. The van der Waals surface area contributed by atoms with Crippen LogP contribution in [0.25, 0.3) is 0 Å². The van der Waals surface area contributed by atoms with Gasteiger partial charge in [0.25, 0.3) is 0 Å². The van der Waals surface area contributed by atoms with Crippen molar-refractivity contribution in [1.82, 2.24) is 10.2 Å². The lowest BCUT2D eigenvalue weighted by Crippen LogP contribution is -2.59. The van der Waals surface area contributed by atoms with E-state index in [1.54, 1.807) is 0 Å². The van der Waals surface area contributed by atoms with Crippen molar-refractivity contribution in [3.8, 4) is 0 Å². The minimum absolute atomic E-state index is 0.0468. The minimum Gasteiger partial charge on any atom is -0.337 e. The van der Waals surface area contributed by atoms with Gasteiger partial charge in [-0.3, -0.25) is 9.69 Å². The zero-order valence-corrected chi connectivity index (χ0v) is 12.4. The standard InChI is InChI=1S/C15H26N2O2/c1-15(2,3)9-11-10-16-14(19)17(13(11)18)12-7-5-4-6-8-12/h11-12H,4-10H2,1-3H3,(H,16,19). The molecule has 0 aromatic heterocycles. The molecule has 1 unspecified atom stereocenters. The summed E-state index contributed by atoms with van der Waals surface area (Å²) in [6, 6.07) is -0.0499. The molecule has 2 rings (SSSR count). The van der Waals surface area contributed by atoms with E-state index in [1.807, 2.05) is 0 Å². The Morgan fingerprint density at radius 2 is 1.79 bits per heavy atom. The van der Waals surface area contributed by atoms with Crippen LogP contribution in [0.3, 0.4) is 0 Å². The predicted octanol–water partition coefficient (Wildman–Crippen LogP) is 2.92. The second-order valence-electron chi connectivity index (χ2n) is 7.15. The number of urea groups is 1. The van der Waals surface area contributed by atoms with Gasteiger partial charge < -0.3 is 5.32 Å². The molecular formula is C15H26N2O2. The van der Waals surface area contributed by atoms with Crippen LogP contribution in [0.15, 0.2) is 0 Å². The maximum atomic E-state index is 12.6. The SMILES string of the molecule is CC(C)(C)CC1CNC(=O)N(C2CCCCC2)C1=O. The number of rotatable bonds is 2. The number of amides is 3. The molecule has 3 amide bonds. The highest BCUT2D eigenvalue weighted by Crippen LogP contribution is 2.30. The molecule has 0 spiro atoms. The molecule has 1 saturated carbocycles. The molecule has 1 aliphatic heterocycles. The summed E-state index contributed by atoms with van der Waals surface area (Å²) in [4.78, 5) is 26.1. The van der Waals surface area contributed by atoms with Crippen LogP contribution in [0.2, 0.25) is 0 Å². The Labute approximate surface area is 115 Å². The quantitative estimate of drug-likeness (QED) is 0.835. The molecule has 1 aliphatic carbocycles. The minimum atomic E-state index is -0.179. The normalized spacial score (nSPS) is 26.5. The molecule has 0 radical (unpaired) electrons. The molecule has 4 heteroatoms. The second-order valence-corrected chi connectivity index (χ2v) is 7.15. The highest BCUT2D eigenvalue weighted by atomic mass is 16.2. The summed E-state index contributed by atoms with van der Waals surface area (Å²) in [5.74, 6) is -0.00907. The third-order valence-electron chi connectivity index (χ3n) is 4.10. The highest BCUT2D eigenvalue weighted by molar-refractivity contribution is 5.98.